The van der Waals surface area contributed by atoms with Gasteiger partial charge in [-0.25, -0.2) is 0 Å². The number of halogens is 2. The predicted molar refractivity (Wildman–Crippen MR) is 101 cm³/mol. The molecular weight excluding hydrogens is 406 g/mol. The number of rotatable bonds is 6. The molecule has 0 saturated carbocycles. The van der Waals surface area contributed by atoms with E-state index in [4.69, 9.17) is 4.74 Å². The lowest BCUT2D eigenvalue weighted by atomic mass is 10.1. The zero-order valence-electron chi connectivity index (χ0n) is 12.7. The van der Waals surface area contributed by atoms with Crippen LogP contribution in [0.15, 0.2) is 51.9 Å². The highest BCUT2D eigenvalue weighted by atomic mass is 79.9. The van der Waals surface area contributed by atoms with Gasteiger partial charge in [-0.15, -0.1) is 0 Å². The van der Waals surface area contributed by atoms with Crippen molar-refractivity contribution in [3.05, 3.63) is 68.6 Å². The van der Waals surface area contributed by atoms with Crippen LogP contribution in [0.2, 0.25) is 0 Å². The van der Waals surface area contributed by atoms with Crippen LogP contribution in [0.4, 0.5) is 5.69 Å². The van der Waals surface area contributed by atoms with Crippen molar-refractivity contribution in [1.82, 2.24) is 0 Å². The lowest BCUT2D eigenvalue weighted by Gasteiger charge is -2.15. The second kappa shape index (κ2) is 7.84. The summed E-state index contributed by atoms with van der Waals surface area (Å²) in [6.07, 6.45) is 1.75. The van der Waals surface area contributed by atoms with E-state index in [1.165, 1.54) is 11.1 Å². The molecule has 0 aliphatic rings. The van der Waals surface area contributed by atoms with Crippen molar-refractivity contribution in [2.45, 2.75) is 20.4 Å². The lowest BCUT2D eigenvalue weighted by molar-refractivity contribution is 0.357. The molecule has 0 saturated heterocycles. The molecule has 0 bridgehead atoms. The minimum absolute atomic E-state index is 0.483. The molecule has 2 rings (SSSR count). The standard InChI is InChI=1S/C18H19Br2NO/c1-4-7-22-18-14(9-15(19)10-16(18)20)11-21-17-8-12(2)5-6-13(17)3/h4-6,8-10,21H,1,7,11H2,2-3H3. The number of benzene rings is 2. The molecule has 116 valence electrons. The van der Waals surface area contributed by atoms with Gasteiger partial charge in [-0.05, 0) is 59.1 Å². The van der Waals surface area contributed by atoms with Crippen molar-refractivity contribution in [3.8, 4) is 5.75 Å². The smallest absolute Gasteiger partial charge is 0.139 e. The van der Waals surface area contributed by atoms with E-state index in [2.05, 4.69) is 81.9 Å². The van der Waals surface area contributed by atoms with E-state index in [-0.39, 0.29) is 0 Å². The Bertz CT molecular complexity index is 683. The lowest BCUT2D eigenvalue weighted by Crippen LogP contribution is -2.05. The van der Waals surface area contributed by atoms with E-state index in [1.807, 2.05) is 6.07 Å². The average molecular weight is 425 g/mol. The third-order valence-electron chi connectivity index (χ3n) is 3.29. The van der Waals surface area contributed by atoms with Crippen molar-refractivity contribution < 1.29 is 4.74 Å². The Kier molecular flexibility index (Phi) is 6.09. The van der Waals surface area contributed by atoms with Crippen molar-refractivity contribution in [2.24, 2.45) is 0 Å². The second-order valence-electron chi connectivity index (χ2n) is 5.15. The molecular formula is C18H19Br2NO. The van der Waals surface area contributed by atoms with Crippen LogP contribution < -0.4 is 10.1 Å². The van der Waals surface area contributed by atoms with Crippen molar-refractivity contribution in [3.63, 3.8) is 0 Å². The Morgan fingerprint density at radius 1 is 1.18 bits per heavy atom. The van der Waals surface area contributed by atoms with E-state index in [9.17, 15) is 0 Å². The minimum Gasteiger partial charge on any atom is -0.488 e. The van der Waals surface area contributed by atoms with Crippen molar-refractivity contribution >= 4 is 37.5 Å². The van der Waals surface area contributed by atoms with E-state index in [0.717, 1.165) is 25.9 Å². The van der Waals surface area contributed by atoms with Gasteiger partial charge in [-0.1, -0.05) is 40.7 Å². The van der Waals surface area contributed by atoms with E-state index in [0.29, 0.717) is 13.2 Å². The maximum atomic E-state index is 5.79. The summed E-state index contributed by atoms with van der Waals surface area (Å²) in [5.74, 6) is 0.848. The van der Waals surface area contributed by atoms with Gasteiger partial charge in [0, 0.05) is 22.3 Å². The molecule has 4 heteroatoms. The first-order valence-electron chi connectivity index (χ1n) is 7.04. The van der Waals surface area contributed by atoms with Gasteiger partial charge < -0.3 is 10.1 Å². The zero-order valence-corrected chi connectivity index (χ0v) is 15.9. The van der Waals surface area contributed by atoms with Crippen LogP contribution in [0.5, 0.6) is 5.75 Å². The van der Waals surface area contributed by atoms with Crippen LogP contribution in [-0.2, 0) is 6.54 Å². The largest absolute Gasteiger partial charge is 0.488 e. The second-order valence-corrected chi connectivity index (χ2v) is 6.92. The van der Waals surface area contributed by atoms with Crippen molar-refractivity contribution in [1.29, 1.82) is 0 Å². The number of hydrogen-bond acceptors (Lipinski definition) is 2. The van der Waals surface area contributed by atoms with Crippen LogP contribution >= 0.6 is 31.9 Å². The zero-order chi connectivity index (χ0) is 16.1. The summed E-state index contributed by atoms with van der Waals surface area (Å²) in [5.41, 5.74) is 4.70. The Morgan fingerprint density at radius 2 is 1.95 bits per heavy atom. The van der Waals surface area contributed by atoms with Crippen molar-refractivity contribution in [2.75, 3.05) is 11.9 Å². The number of aryl methyl sites for hydroxylation is 2. The first kappa shape index (κ1) is 17.1. The fourth-order valence-corrected chi connectivity index (χ4v) is 3.59. The average Bonchev–Trinajstić information content (AvgIpc) is 2.47. The quantitative estimate of drug-likeness (QED) is 0.573. The Hall–Kier alpha value is -1.26. The van der Waals surface area contributed by atoms with Gasteiger partial charge in [0.25, 0.3) is 0 Å². The molecule has 0 aromatic heterocycles. The highest BCUT2D eigenvalue weighted by molar-refractivity contribution is 9.11. The SMILES string of the molecule is C=CCOc1c(Br)cc(Br)cc1CNc1cc(C)ccc1C. The van der Waals surface area contributed by atoms with E-state index < -0.39 is 0 Å². The summed E-state index contributed by atoms with van der Waals surface area (Å²) in [6, 6.07) is 10.5. The molecule has 0 unspecified atom stereocenters. The molecule has 1 N–H and O–H groups in total. The Balaban J connectivity index is 2.24. The molecule has 0 aliphatic heterocycles. The van der Waals surface area contributed by atoms with Gasteiger partial charge in [-0.3, -0.25) is 0 Å². The number of hydrogen-bond donors (Lipinski definition) is 1. The third kappa shape index (κ3) is 4.37. The fraction of sp³-hybridized carbons (Fsp3) is 0.222. The predicted octanol–water partition coefficient (Wildman–Crippen LogP) is 6.01. The molecule has 0 atom stereocenters. The summed E-state index contributed by atoms with van der Waals surface area (Å²) in [6.45, 7) is 9.08. The van der Waals surface area contributed by atoms with Crippen LogP contribution in [0, 0.1) is 13.8 Å². The maximum Gasteiger partial charge on any atom is 0.139 e. The molecule has 0 amide bonds. The third-order valence-corrected chi connectivity index (χ3v) is 4.34. The first-order chi connectivity index (χ1) is 10.5. The molecule has 2 aromatic rings. The van der Waals surface area contributed by atoms with Gasteiger partial charge in [0.2, 0.25) is 0 Å². The normalized spacial score (nSPS) is 10.4. The molecule has 0 spiro atoms. The van der Waals surface area contributed by atoms with Crippen LogP contribution in [-0.4, -0.2) is 6.61 Å². The summed E-state index contributed by atoms with van der Waals surface area (Å²) >= 11 is 7.10. The molecule has 0 fully saturated rings. The Morgan fingerprint density at radius 3 is 2.68 bits per heavy atom. The molecule has 0 heterocycles. The van der Waals surface area contributed by atoms with Crippen LogP contribution in [0.1, 0.15) is 16.7 Å². The molecule has 22 heavy (non-hydrogen) atoms. The Labute approximate surface area is 148 Å². The number of nitrogens with one attached hydrogen (secondary N) is 1. The van der Waals surface area contributed by atoms with Gasteiger partial charge >= 0.3 is 0 Å². The van der Waals surface area contributed by atoms with Crippen LogP contribution in [0.25, 0.3) is 0 Å². The van der Waals surface area contributed by atoms with Gasteiger partial charge in [-0.2, -0.15) is 0 Å². The first-order valence-corrected chi connectivity index (χ1v) is 8.62. The molecule has 0 radical (unpaired) electrons. The highest BCUT2D eigenvalue weighted by Crippen LogP contribution is 2.33. The topological polar surface area (TPSA) is 21.3 Å². The fourth-order valence-electron chi connectivity index (χ4n) is 2.17. The monoisotopic (exact) mass is 423 g/mol. The highest BCUT2D eigenvalue weighted by Gasteiger charge is 2.10. The van der Waals surface area contributed by atoms with Gasteiger partial charge in [0.1, 0.15) is 12.4 Å². The number of anilines is 1. The van der Waals surface area contributed by atoms with Gasteiger partial charge in [0.05, 0.1) is 4.47 Å². The maximum absolute atomic E-state index is 5.79. The molecule has 0 aliphatic carbocycles. The van der Waals surface area contributed by atoms with Gasteiger partial charge in [0.15, 0.2) is 0 Å². The number of ether oxygens (including phenoxy) is 1. The minimum atomic E-state index is 0.483. The summed E-state index contributed by atoms with van der Waals surface area (Å²) in [4.78, 5) is 0. The molecule has 2 aromatic carbocycles. The summed E-state index contributed by atoms with van der Waals surface area (Å²) in [5, 5.41) is 3.49. The van der Waals surface area contributed by atoms with E-state index >= 15 is 0 Å². The van der Waals surface area contributed by atoms with E-state index in [1.54, 1.807) is 6.08 Å². The molecule has 2 nitrogen and oxygen atoms in total. The summed E-state index contributed by atoms with van der Waals surface area (Å²) < 4.78 is 7.74. The van der Waals surface area contributed by atoms with Crippen LogP contribution in [0.3, 0.4) is 0 Å². The summed E-state index contributed by atoms with van der Waals surface area (Å²) in [7, 11) is 0.